The molecule has 1 saturated carbocycles. The standard InChI is InChI=1S/C19H19F3N4O2/c1-10-8-15(25-18(24-10)26-16(27)12-6-7-12)17(28)23-9-13-4-3-5-14(11(13)2)19(20,21)22/h3-5,8,12H,6-7,9H2,1-2H3,(H,23,28)(H,24,25,26,27). The maximum atomic E-state index is 13.0. The minimum atomic E-state index is -4.46. The van der Waals surface area contributed by atoms with Gasteiger partial charge in [0.25, 0.3) is 5.91 Å². The normalized spacial score (nSPS) is 13.9. The molecule has 0 saturated heterocycles. The molecule has 2 amide bonds. The average Bonchev–Trinajstić information content (AvgIpc) is 3.44. The Morgan fingerprint density at radius 3 is 2.54 bits per heavy atom. The summed E-state index contributed by atoms with van der Waals surface area (Å²) < 4.78 is 39.0. The van der Waals surface area contributed by atoms with Crippen LogP contribution < -0.4 is 10.6 Å². The van der Waals surface area contributed by atoms with Crippen molar-refractivity contribution < 1.29 is 22.8 Å². The predicted octanol–water partition coefficient (Wildman–Crippen LogP) is 3.39. The number of anilines is 1. The number of halogens is 3. The third-order valence-corrected chi connectivity index (χ3v) is 4.46. The number of alkyl halides is 3. The molecule has 0 aliphatic heterocycles. The molecule has 148 valence electrons. The van der Waals surface area contributed by atoms with Crippen molar-refractivity contribution in [2.24, 2.45) is 5.92 Å². The number of nitrogens with one attached hydrogen (secondary N) is 2. The van der Waals surface area contributed by atoms with E-state index in [-0.39, 0.29) is 35.6 Å². The van der Waals surface area contributed by atoms with Crippen LogP contribution in [0.1, 0.15) is 45.7 Å². The first-order valence-corrected chi connectivity index (χ1v) is 8.75. The van der Waals surface area contributed by atoms with Crippen molar-refractivity contribution in [3.8, 4) is 0 Å². The molecule has 1 aromatic heterocycles. The topological polar surface area (TPSA) is 84.0 Å². The van der Waals surface area contributed by atoms with Gasteiger partial charge in [0.1, 0.15) is 5.69 Å². The highest BCUT2D eigenvalue weighted by atomic mass is 19.4. The van der Waals surface area contributed by atoms with Crippen LogP contribution in [0.2, 0.25) is 0 Å². The van der Waals surface area contributed by atoms with Crippen molar-refractivity contribution in [1.82, 2.24) is 15.3 Å². The monoisotopic (exact) mass is 392 g/mol. The molecular formula is C19H19F3N4O2. The van der Waals surface area contributed by atoms with Crippen LogP contribution in [0.3, 0.4) is 0 Å². The van der Waals surface area contributed by atoms with E-state index in [1.807, 2.05) is 0 Å². The lowest BCUT2D eigenvalue weighted by atomic mass is 10.0. The van der Waals surface area contributed by atoms with Crippen LogP contribution in [-0.4, -0.2) is 21.8 Å². The average molecular weight is 392 g/mol. The van der Waals surface area contributed by atoms with Gasteiger partial charge >= 0.3 is 6.18 Å². The number of hydrogen-bond donors (Lipinski definition) is 2. The second kappa shape index (κ2) is 7.57. The summed E-state index contributed by atoms with van der Waals surface area (Å²) in [6, 6.07) is 5.28. The first-order valence-electron chi connectivity index (χ1n) is 8.75. The Morgan fingerprint density at radius 2 is 1.89 bits per heavy atom. The van der Waals surface area contributed by atoms with E-state index in [1.54, 1.807) is 6.92 Å². The van der Waals surface area contributed by atoms with Crippen molar-refractivity contribution >= 4 is 17.8 Å². The Labute approximate surface area is 159 Å². The molecule has 1 fully saturated rings. The van der Waals surface area contributed by atoms with Gasteiger partial charge in [-0.05, 0) is 49.9 Å². The smallest absolute Gasteiger partial charge is 0.347 e. The minimum Gasteiger partial charge on any atom is -0.347 e. The Morgan fingerprint density at radius 1 is 1.18 bits per heavy atom. The second-order valence-electron chi connectivity index (χ2n) is 6.75. The number of benzene rings is 1. The van der Waals surface area contributed by atoms with E-state index in [0.29, 0.717) is 11.3 Å². The molecule has 0 spiro atoms. The quantitative estimate of drug-likeness (QED) is 0.817. The molecule has 9 heteroatoms. The molecule has 6 nitrogen and oxygen atoms in total. The fourth-order valence-electron chi connectivity index (χ4n) is 2.75. The number of amides is 2. The number of carbonyl (C=O) groups is 2. The van der Waals surface area contributed by atoms with Crippen molar-refractivity contribution in [3.63, 3.8) is 0 Å². The predicted molar refractivity (Wildman–Crippen MR) is 95.5 cm³/mol. The van der Waals surface area contributed by atoms with Gasteiger partial charge < -0.3 is 5.32 Å². The highest BCUT2D eigenvalue weighted by molar-refractivity contribution is 5.95. The fourth-order valence-corrected chi connectivity index (χ4v) is 2.75. The maximum Gasteiger partial charge on any atom is 0.416 e. The Hall–Kier alpha value is -2.97. The molecule has 2 N–H and O–H groups in total. The highest BCUT2D eigenvalue weighted by Gasteiger charge is 2.33. The molecular weight excluding hydrogens is 373 g/mol. The van der Waals surface area contributed by atoms with Crippen LogP contribution in [0, 0.1) is 19.8 Å². The third kappa shape index (κ3) is 4.65. The Bertz CT molecular complexity index is 924. The molecule has 1 aromatic carbocycles. The van der Waals surface area contributed by atoms with Gasteiger partial charge in [-0.3, -0.25) is 14.9 Å². The van der Waals surface area contributed by atoms with Gasteiger partial charge in [0.05, 0.1) is 5.56 Å². The zero-order valence-electron chi connectivity index (χ0n) is 15.4. The van der Waals surface area contributed by atoms with Gasteiger partial charge in [-0.15, -0.1) is 0 Å². The molecule has 28 heavy (non-hydrogen) atoms. The summed E-state index contributed by atoms with van der Waals surface area (Å²) >= 11 is 0. The molecule has 0 bridgehead atoms. The number of hydrogen-bond acceptors (Lipinski definition) is 4. The Kier molecular flexibility index (Phi) is 5.35. The summed E-state index contributed by atoms with van der Waals surface area (Å²) in [5.74, 6) is -0.747. The largest absolute Gasteiger partial charge is 0.416 e. The van der Waals surface area contributed by atoms with E-state index < -0.39 is 17.6 Å². The van der Waals surface area contributed by atoms with Gasteiger partial charge in [0.2, 0.25) is 11.9 Å². The van der Waals surface area contributed by atoms with Crippen LogP contribution in [0.15, 0.2) is 24.3 Å². The van der Waals surface area contributed by atoms with E-state index in [2.05, 4.69) is 20.6 Å². The summed E-state index contributed by atoms with van der Waals surface area (Å²) in [6.07, 6.45) is -2.81. The zero-order valence-corrected chi connectivity index (χ0v) is 15.4. The number of nitrogens with zero attached hydrogens (tertiary/aromatic N) is 2. The van der Waals surface area contributed by atoms with E-state index in [9.17, 15) is 22.8 Å². The number of aryl methyl sites for hydroxylation is 1. The lowest BCUT2D eigenvalue weighted by molar-refractivity contribution is -0.138. The van der Waals surface area contributed by atoms with E-state index in [4.69, 9.17) is 0 Å². The van der Waals surface area contributed by atoms with Crippen LogP contribution in [0.4, 0.5) is 19.1 Å². The lowest BCUT2D eigenvalue weighted by Gasteiger charge is -2.14. The zero-order chi connectivity index (χ0) is 20.5. The number of aromatic nitrogens is 2. The lowest BCUT2D eigenvalue weighted by Crippen LogP contribution is -2.26. The maximum absolute atomic E-state index is 13.0. The first-order chi connectivity index (χ1) is 13.1. The number of carbonyl (C=O) groups excluding carboxylic acids is 2. The van der Waals surface area contributed by atoms with Crippen molar-refractivity contribution in [2.45, 2.75) is 39.4 Å². The summed E-state index contributed by atoms with van der Waals surface area (Å²) in [6.45, 7) is 2.94. The third-order valence-electron chi connectivity index (χ3n) is 4.46. The number of rotatable bonds is 5. The minimum absolute atomic E-state index is 0.0308. The van der Waals surface area contributed by atoms with Crippen LogP contribution >= 0.6 is 0 Å². The Balaban J connectivity index is 1.71. The molecule has 3 rings (SSSR count). The molecule has 1 heterocycles. The van der Waals surface area contributed by atoms with Gasteiger partial charge in [0.15, 0.2) is 0 Å². The highest BCUT2D eigenvalue weighted by Crippen LogP contribution is 2.33. The molecule has 0 radical (unpaired) electrons. The molecule has 1 aliphatic rings. The molecule has 2 aromatic rings. The first kappa shape index (κ1) is 19.8. The van der Waals surface area contributed by atoms with Crippen molar-refractivity contribution in [3.05, 3.63) is 52.3 Å². The van der Waals surface area contributed by atoms with Crippen molar-refractivity contribution in [2.75, 3.05) is 5.32 Å². The van der Waals surface area contributed by atoms with E-state index in [1.165, 1.54) is 25.1 Å². The van der Waals surface area contributed by atoms with Gasteiger partial charge in [-0.1, -0.05) is 12.1 Å². The van der Waals surface area contributed by atoms with E-state index >= 15 is 0 Å². The van der Waals surface area contributed by atoms with Gasteiger partial charge in [-0.25, -0.2) is 9.97 Å². The van der Waals surface area contributed by atoms with Crippen LogP contribution in [0.5, 0.6) is 0 Å². The van der Waals surface area contributed by atoms with Crippen LogP contribution in [-0.2, 0) is 17.5 Å². The van der Waals surface area contributed by atoms with Crippen molar-refractivity contribution in [1.29, 1.82) is 0 Å². The molecule has 0 atom stereocenters. The summed E-state index contributed by atoms with van der Waals surface area (Å²) in [4.78, 5) is 32.4. The summed E-state index contributed by atoms with van der Waals surface area (Å²) in [5.41, 5.74) is 0.203. The second-order valence-corrected chi connectivity index (χ2v) is 6.75. The van der Waals surface area contributed by atoms with Crippen LogP contribution in [0.25, 0.3) is 0 Å². The van der Waals surface area contributed by atoms with E-state index in [0.717, 1.165) is 18.9 Å². The molecule has 0 unspecified atom stereocenters. The van der Waals surface area contributed by atoms with Gasteiger partial charge in [-0.2, -0.15) is 13.2 Å². The SMILES string of the molecule is Cc1cc(C(=O)NCc2cccc(C(F)(F)F)c2C)nc(NC(=O)C2CC2)n1. The summed E-state index contributed by atoms with van der Waals surface area (Å²) in [5, 5.41) is 5.15. The summed E-state index contributed by atoms with van der Waals surface area (Å²) in [7, 11) is 0. The van der Waals surface area contributed by atoms with Gasteiger partial charge in [0, 0.05) is 18.2 Å². The fraction of sp³-hybridized carbons (Fsp3) is 0.368. The molecule has 1 aliphatic carbocycles.